The summed E-state index contributed by atoms with van der Waals surface area (Å²) >= 11 is 0. The van der Waals surface area contributed by atoms with Crippen LogP contribution in [0.25, 0.3) is 6.08 Å². The molecule has 1 saturated carbocycles. The first-order chi connectivity index (χ1) is 13.9. The first-order valence-electron chi connectivity index (χ1n) is 10.1. The Labute approximate surface area is 171 Å². The van der Waals surface area contributed by atoms with Crippen LogP contribution in [0.4, 0.5) is 0 Å². The van der Waals surface area contributed by atoms with Crippen LogP contribution in [0.2, 0.25) is 0 Å². The average Bonchev–Trinajstić information content (AvgIpc) is 3.17. The summed E-state index contributed by atoms with van der Waals surface area (Å²) in [6.07, 6.45) is 7.38. The smallest absolute Gasteiger partial charge is 0.310 e. The summed E-state index contributed by atoms with van der Waals surface area (Å²) in [5, 5.41) is 15.2. The number of aromatic hydroxyl groups is 1. The predicted molar refractivity (Wildman–Crippen MR) is 110 cm³/mol. The molecule has 0 heterocycles. The number of hydrogen-bond donors (Lipinski definition) is 3. The molecule has 1 fully saturated rings. The van der Waals surface area contributed by atoms with Crippen LogP contribution in [0.15, 0.2) is 30.3 Å². The quantitative estimate of drug-likeness (QED) is 0.435. The number of unbranched alkanes of at least 4 members (excludes halogenated alkanes) is 1. The van der Waals surface area contributed by atoms with Gasteiger partial charge >= 0.3 is 5.97 Å². The Bertz CT molecular complexity index is 746. The number of phenolic OH excluding ortho intramolecular Hbond substituents is 1. The van der Waals surface area contributed by atoms with E-state index in [1.807, 2.05) is 6.92 Å². The number of ether oxygens (including phenoxy) is 1. The Morgan fingerprint density at radius 3 is 2.79 bits per heavy atom. The molecular weight excluding hydrogens is 372 g/mol. The van der Waals surface area contributed by atoms with E-state index in [4.69, 9.17) is 4.74 Å². The number of benzene rings is 1. The van der Waals surface area contributed by atoms with Gasteiger partial charge in [-0.3, -0.25) is 14.4 Å². The van der Waals surface area contributed by atoms with Gasteiger partial charge in [-0.1, -0.05) is 38.3 Å². The number of carbonyl (C=O) groups excluding carboxylic acids is 3. The molecule has 0 unspecified atom stereocenters. The molecule has 0 radical (unpaired) electrons. The minimum atomic E-state index is -0.671. The molecule has 3 atom stereocenters. The van der Waals surface area contributed by atoms with Gasteiger partial charge in [0.05, 0.1) is 13.0 Å². The van der Waals surface area contributed by atoms with Crippen molar-refractivity contribution in [3.63, 3.8) is 0 Å². The Hall–Kier alpha value is -2.83. The van der Waals surface area contributed by atoms with Gasteiger partial charge in [0.2, 0.25) is 11.8 Å². The summed E-state index contributed by atoms with van der Waals surface area (Å²) in [5.74, 6) is -1.20. The van der Waals surface area contributed by atoms with Crippen molar-refractivity contribution in [2.24, 2.45) is 5.92 Å². The van der Waals surface area contributed by atoms with Gasteiger partial charge < -0.3 is 20.5 Å². The maximum absolute atomic E-state index is 12.8. The van der Waals surface area contributed by atoms with Crippen LogP contribution in [0.3, 0.4) is 0 Å². The standard InChI is InChI=1S/C22H30N2O5/c1-3-4-10-19(21(27)24-18-11-6-9-17(18)22(28)29-2)23-20(26)13-12-15-7-5-8-16(25)14-15/h5,7-8,12-14,17-19,25H,3-4,6,9-11H2,1-2H3,(H,23,26)(H,24,27)/b13-12+/t17-,18+,19+/m1/s1. The lowest BCUT2D eigenvalue weighted by Crippen LogP contribution is -2.51. The lowest BCUT2D eigenvalue weighted by Gasteiger charge is -2.23. The minimum Gasteiger partial charge on any atom is -0.508 e. The van der Waals surface area contributed by atoms with Gasteiger partial charge in [-0.05, 0) is 43.0 Å². The lowest BCUT2D eigenvalue weighted by molar-refractivity contribution is -0.146. The molecule has 3 N–H and O–H groups in total. The van der Waals surface area contributed by atoms with Crippen molar-refractivity contribution in [3.05, 3.63) is 35.9 Å². The number of carbonyl (C=O) groups is 3. The molecule has 0 aliphatic heterocycles. The third-order valence-corrected chi connectivity index (χ3v) is 5.12. The topological polar surface area (TPSA) is 105 Å². The maximum Gasteiger partial charge on any atom is 0.310 e. The summed E-state index contributed by atoms with van der Waals surface area (Å²) in [4.78, 5) is 37.0. The van der Waals surface area contributed by atoms with E-state index in [1.165, 1.54) is 19.3 Å². The Morgan fingerprint density at radius 2 is 2.10 bits per heavy atom. The van der Waals surface area contributed by atoms with E-state index in [2.05, 4.69) is 10.6 Å². The van der Waals surface area contributed by atoms with Crippen molar-refractivity contribution in [1.29, 1.82) is 0 Å². The zero-order chi connectivity index (χ0) is 21.2. The summed E-state index contributed by atoms with van der Waals surface area (Å²) in [6.45, 7) is 2.02. The molecule has 2 amide bonds. The SMILES string of the molecule is CCCC[C@H](NC(=O)/C=C/c1cccc(O)c1)C(=O)N[C@H]1CCC[C@H]1C(=O)OC. The number of amides is 2. The van der Waals surface area contributed by atoms with E-state index >= 15 is 0 Å². The zero-order valence-electron chi connectivity index (χ0n) is 17.0. The average molecular weight is 402 g/mol. The third kappa shape index (κ3) is 6.93. The van der Waals surface area contributed by atoms with Crippen LogP contribution >= 0.6 is 0 Å². The second kappa shape index (κ2) is 11.2. The summed E-state index contributed by atoms with van der Waals surface area (Å²) in [5.41, 5.74) is 0.682. The van der Waals surface area contributed by atoms with Crippen LogP contribution in [-0.2, 0) is 19.1 Å². The number of phenols is 1. The van der Waals surface area contributed by atoms with Gasteiger partial charge in [0.1, 0.15) is 11.8 Å². The fourth-order valence-electron chi connectivity index (χ4n) is 3.55. The van der Waals surface area contributed by atoms with Crippen molar-refractivity contribution < 1.29 is 24.2 Å². The molecule has 7 nitrogen and oxygen atoms in total. The number of rotatable bonds is 9. The van der Waals surface area contributed by atoms with Gasteiger partial charge in [-0.15, -0.1) is 0 Å². The van der Waals surface area contributed by atoms with E-state index in [9.17, 15) is 19.5 Å². The maximum atomic E-state index is 12.8. The molecule has 0 spiro atoms. The van der Waals surface area contributed by atoms with Gasteiger partial charge in [-0.2, -0.15) is 0 Å². The summed E-state index contributed by atoms with van der Waals surface area (Å²) in [6, 6.07) is 5.60. The van der Waals surface area contributed by atoms with Crippen LogP contribution in [0.1, 0.15) is 51.0 Å². The molecule has 1 aliphatic carbocycles. The number of methoxy groups -OCH3 is 1. The number of esters is 1. The monoisotopic (exact) mass is 402 g/mol. The Kier molecular flexibility index (Phi) is 8.70. The normalized spacial score (nSPS) is 19.7. The molecule has 7 heteroatoms. The van der Waals surface area contributed by atoms with Crippen molar-refractivity contribution in [1.82, 2.24) is 10.6 Å². The molecule has 1 aromatic carbocycles. The zero-order valence-corrected chi connectivity index (χ0v) is 17.0. The molecule has 29 heavy (non-hydrogen) atoms. The highest BCUT2D eigenvalue weighted by atomic mass is 16.5. The van der Waals surface area contributed by atoms with E-state index < -0.39 is 6.04 Å². The summed E-state index contributed by atoms with van der Waals surface area (Å²) < 4.78 is 4.83. The van der Waals surface area contributed by atoms with Gasteiger partial charge in [-0.25, -0.2) is 0 Å². The minimum absolute atomic E-state index is 0.115. The van der Waals surface area contributed by atoms with E-state index in [0.717, 1.165) is 25.7 Å². The van der Waals surface area contributed by atoms with Gasteiger partial charge in [0.15, 0.2) is 0 Å². The molecular formula is C22H30N2O5. The molecule has 0 aromatic heterocycles. The Balaban J connectivity index is 1.99. The highest BCUT2D eigenvalue weighted by Gasteiger charge is 2.36. The second-order valence-corrected chi connectivity index (χ2v) is 7.31. The Morgan fingerprint density at radius 1 is 1.31 bits per heavy atom. The lowest BCUT2D eigenvalue weighted by atomic mass is 10.0. The van der Waals surface area contributed by atoms with Crippen molar-refractivity contribution in [3.8, 4) is 5.75 Å². The molecule has 1 aliphatic rings. The first kappa shape index (κ1) is 22.5. The number of nitrogens with one attached hydrogen (secondary N) is 2. The molecule has 0 bridgehead atoms. The van der Waals surface area contributed by atoms with E-state index in [1.54, 1.807) is 24.3 Å². The first-order valence-corrected chi connectivity index (χ1v) is 10.1. The van der Waals surface area contributed by atoms with Crippen molar-refractivity contribution >= 4 is 23.9 Å². The van der Waals surface area contributed by atoms with E-state index in [0.29, 0.717) is 18.4 Å². The largest absolute Gasteiger partial charge is 0.508 e. The number of hydrogen-bond acceptors (Lipinski definition) is 5. The van der Waals surface area contributed by atoms with Crippen LogP contribution in [0.5, 0.6) is 5.75 Å². The summed E-state index contributed by atoms with van der Waals surface area (Å²) in [7, 11) is 1.35. The van der Waals surface area contributed by atoms with Gasteiger partial charge in [0.25, 0.3) is 0 Å². The van der Waals surface area contributed by atoms with Crippen LogP contribution < -0.4 is 10.6 Å². The highest BCUT2D eigenvalue weighted by Crippen LogP contribution is 2.26. The fourth-order valence-corrected chi connectivity index (χ4v) is 3.55. The molecule has 0 saturated heterocycles. The van der Waals surface area contributed by atoms with Gasteiger partial charge in [0, 0.05) is 12.1 Å². The van der Waals surface area contributed by atoms with Crippen LogP contribution in [0, 0.1) is 5.92 Å². The molecule has 1 aromatic rings. The van der Waals surface area contributed by atoms with E-state index in [-0.39, 0.29) is 35.5 Å². The second-order valence-electron chi connectivity index (χ2n) is 7.31. The fraction of sp³-hybridized carbons (Fsp3) is 0.500. The van der Waals surface area contributed by atoms with Crippen LogP contribution in [-0.4, -0.2) is 42.1 Å². The highest BCUT2D eigenvalue weighted by molar-refractivity contribution is 5.95. The molecule has 158 valence electrons. The third-order valence-electron chi connectivity index (χ3n) is 5.12. The van der Waals surface area contributed by atoms with Crippen molar-refractivity contribution in [2.75, 3.05) is 7.11 Å². The molecule has 2 rings (SSSR count). The predicted octanol–water partition coefficient (Wildman–Crippen LogP) is 2.54. The van der Waals surface area contributed by atoms with Crippen molar-refractivity contribution in [2.45, 2.75) is 57.5 Å².